The summed E-state index contributed by atoms with van der Waals surface area (Å²) < 4.78 is 4.91. The second-order valence-electron chi connectivity index (χ2n) is 4.46. The number of aromatic nitrogens is 5. The number of pyridine rings is 1. The third-order valence-corrected chi connectivity index (χ3v) is 3.09. The summed E-state index contributed by atoms with van der Waals surface area (Å²) in [5, 5.41) is 8.69. The highest BCUT2D eigenvalue weighted by molar-refractivity contribution is 5.35. The fourth-order valence-electron chi connectivity index (χ4n) is 2.22. The average Bonchev–Trinajstić information content (AvgIpc) is 2.92. The molecule has 0 bridgehead atoms. The highest BCUT2D eigenvalue weighted by Crippen LogP contribution is 2.05. The van der Waals surface area contributed by atoms with Crippen LogP contribution < -0.4 is 5.69 Å². The summed E-state index contributed by atoms with van der Waals surface area (Å²) in [6.45, 7) is 5.20. The fraction of sp³-hybridized carbons (Fsp3) is 0.308. The molecule has 98 valence electrons. The van der Waals surface area contributed by atoms with Gasteiger partial charge in [0.15, 0.2) is 5.65 Å². The van der Waals surface area contributed by atoms with Gasteiger partial charge in [0, 0.05) is 12.7 Å². The van der Waals surface area contributed by atoms with Gasteiger partial charge in [-0.1, -0.05) is 6.07 Å². The smallest absolute Gasteiger partial charge is 0.268 e. The minimum absolute atomic E-state index is 0.128. The summed E-state index contributed by atoms with van der Waals surface area (Å²) in [7, 11) is 0. The number of nitrogens with zero attached hydrogens (tertiary/aromatic N) is 5. The van der Waals surface area contributed by atoms with Crippen LogP contribution in [0.3, 0.4) is 0 Å². The zero-order valence-electron chi connectivity index (χ0n) is 10.9. The van der Waals surface area contributed by atoms with Crippen LogP contribution >= 0.6 is 0 Å². The van der Waals surface area contributed by atoms with E-state index in [0.717, 1.165) is 17.9 Å². The molecule has 3 rings (SSSR count). The molecule has 3 heterocycles. The molecule has 0 aliphatic rings. The monoisotopic (exact) mass is 257 g/mol. The van der Waals surface area contributed by atoms with Crippen LogP contribution in [-0.4, -0.2) is 24.0 Å². The van der Waals surface area contributed by atoms with Crippen LogP contribution in [0, 0.1) is 6.92 Å². The summed E-state index contributed by atoms with van der Waals surface area (Å²) in [4.78, 5) is 12.2. The van der Waals surface area contributed by atoms with Gasteiger partial charge in [-0.15, -0.1) is 5.10 Å². The lowest BCUT2D eigenvalue weighted by atomic mass is 10.3. The van der Waals surface area contributed by atoms with E-state index in [1.807, 2.05) is 42.8 Å². The van der Waals surface area contributed by atoms with E-state index in [-0.39, 0.29) is 5.69 Å². The molecule has 0 saturated heterocycles. The molecule has 0 saturated carbocycles. The van der Waals surface area contributed by atoms with E-state index in [0.29, 0.717) is 12.2 Å². The first kappa shape index (κ1) is 11.7. The first-order chi connectivity index (χ1) is 9.19. The van der Waals surface area contributed by atoms with Crippen LogP contribution in [0.2, 0.25) is 0 Å². The van der Waals surface area contributed by atoms with Gasteiger partial charge in [0.2, 0.25) is 0 Å². The summed E-state index contributed by atoms with van der Waals surface area (Å²) in [5.41, 5.74) is 2.48. The molecule has 0 N–H and O–H groups in total. The Labute approximate surface area is 109 Å². The first-order valence-electron chi connectivity index (χ1n) is 6.26. The fourth-order valence-corrected chi connectivity index (χ4v) is 2.22. The lowest BCUT2D eigenvalue weighted by Gasteiger charge is -2.03. The molecule has 6 nitrogen and oxygen atoms in total. The van der Waals surface area contributed by atoms with Crippen molar-refractivity contribution in [2.45, 2.75) is 26.9 Å². The van der Waals surface area contributed by atoms with Crippen molar-refractivity contribution in [3.63, 3.8) is 0 Å². The molecule has 0 aliphatic carbocycles. The third kappa shape index (κ3) is 1.95. The van der Waals surface area contributed by atoms with E-state index in [9.17, 15) is 4.79 Å². The highest BCUT2D eigenvalue weighted by Gasteiger charge is 2.10. The molecule has 3 aromatic rings. The Balaban J connectivity index is 2.06. The van der Waals surface area contributed by atoms with E-state index in [1.54, 1.807) is 10.6 Å². The highest BCUT2D eigenvalue weighted by atomic mass is 16.2. The minimum Gasteiger partial charge on any atom is -0.268 e. The molecule has 0 fully saturated rings. The molecule has 0 amide bonds. The molecule has 0 unspecified atom stereocenters. The van der Waals surface area contributed by atoms with Gasteiger partial charge in [0.25, 0.3) is 0 Å². The maximum Gasteiger partial charge on any atom is 0.350 e. The molecule has 0 aromatic carbocycles. The molecule has 6 heteroatoms. The number of fused-ring (bicyclic) bond motifs is 1. The predicted octanol–water partition coefficient (Wildman–Crippen LogP) is 1.07. The molecule has 0 spiro atoms. The van der Waals surface area contributed by atoms with Gasteiger partial charge < -0.3 is 0 Å². The van der Waals surface area contributed by atoms with Gasteiger partial charge in [-0.25, -0.2) is 9.48 Å². The zero-order chi connectivity index (χ0) is 13.4. The van der Waals surface area contributed by atoms with Crippen molar-refractivity contribution >= 4 is 5.65 Å². The van der Waals surface area contributed by atoms with Crippen molar-refractivity contribution in [2.75, 3.05) is 0 Å². The van der Waals surface area contributed by atoms with Crippen LogP contribution in [-0.2, 0) is 13.1 Å². The Kier molecular flexibility index (Phi) is 2.70. The molecule has 0 atom stereocenters. The van der Waals surface area contributed by atoms with E-state index < -0.39 is 0 Å². The van der Waals surface area contributed by atoms with Gasteiger partial charge in [-0.3, -0.25) is 9.08 Å². The summed E-state index contributed by atoms with van der Waals surface area (Å²) in [5.74, 6) is 0. The molecular weight excluding hydrogens is 242 g/mol. The minimum atomic E-state index is -0.128. The van der Waals surface area contributed by atoms with Crippen LogP contribution in [0.15, 0.2) is 35.3 Å². The second kappa shape index (κ2) is 4.38. The van der Waals surface area contributed by atoms with Crippen molar-refractivity contribution in [3.05, 3.63) is 52.3 Å². The Morgan fingerprint density at radius 3 is 2.79 bits per heavy atom. The largest absolute Gasteiger partial charge is 0.350 e. The van der Waals surface area contributed by atoms with Crippen LogP contribution in [0.4, 0.5) is 0 Å². The van der Waals surface area contributed by atoms with Gasteiger partial charge >= 0.3 is 5.69 Å². The summed E-state index contributed by atoms with van der Waals surface area (Å²) in [6, 6.07) is 7.49. The van der Waals surface area contributed by atoms with Crippen molar-refractivity contribution in [3.8, 4) is 0 Å². The number of hydrogen-bond donors (Lipinski definition) is 0. The number of hydrogen-bond acceptors (Lipinski definition) is 3. The molecule has 19 heavy (non-hydrogen) atoms. The second-order valence-corrected chi connectivity index (χ2v) is 4.46. The zero-order valence-corrected chi connectivity index (χ0v) is 10.9. The van der Waals surface area contributed by atoms with Crippen LogP contribution in [0.1, 0.15) is 18.3 Å². The standard InChI is InChI=1S/C13H15N5O/c1-3-17-11(8-10(2)14-17)9-18-13(19)16-7-5-4-6-12(16)15-18/h4-8H,3,9H2,1-2H3. The first-order valence-corrected chi connectivity index (χ1v) is 6.26. The Morgan fingerprint density at radius 2 is 2.05 bits per heavy atom. The van der Waals surface area contributed by atoms with Crippen LogP contribution in [0.25, 0.3) is 5.65 Å². The molecule has 3 aromatic heterocycles. The van der Waals surface area contributed by atoms with E-state index in [2.05, 4.69) is 10.2 Å². The van der Waals surface area contributed by atoms with Crippen molar-refractivity contribution < 1.29 is 0 Å². The Morgan fingerprint density at radius 1 is 1.21 bits per heavy atom. The lowest BCUT2D eigenvalue weighted by Crippen LogP contribution is -2.22. The molecule has 0 aliphatic heterocycles. The topological polar surface area (TPSA) is 57.1 Å². The van der Waals surface area contributed by atoms with Crippen LogP contribution in [0.5, 0.6) is 0 Å². The quantitative estimate of drug-likeness (QED) is 0.705. The molecule has 0 radical (unpaired) electrons. The van der Waals surface area contributed by atoms with E-state index in [1.165, 1.54) is 4.68 Å². The lowest BCUT2D eigenvalue weighted by molar-refractivity contribution is 0.566. The number of rotatable bonds is 3. The van der Waals surface area contributed by atoms with Gasteiger partial charge in [-0.2, -0.15) is 5.10 Å². The maximum atomic E-state index is 12.2. The Bertz CT molecular complexity index is 780. The third-order valence-electron chi connectivity index (χ3n) is 3.09. The Hall–Kier alpha value is -2.37. The maximum absolute atomic E-state index is 12.2. The van der Waals surface area contributed by atoms with Crippen molar-refractivity contribution in [1.29, 1.82) is 0 Å². The predicted molar refractivity (Wildman–Crippen MR) is 71.2 cm³/mol. The van der Waals surface area contributed by atoms with E-state index >= 15 is 0 Å². The summed E-state index contributed by atoms with van der Waals surface area (Å²) in [6.07, 6.45) is 1.73. The summed E-state index contributed by atoms with van der Waals surface area (Å²) >= 11 is 0. The normalized spacial score (nSPS) is 11.3. The van der Waals surface area contributed by atoms with E-state index in [4.69, 9.17) is 0 Å². The van der Waals surface area contributed by atoms with Gasteiger partial charge in [-0.05, 0) is 32.0 Å². The average molecular weight is 257 g/mol. The van der Waals surface area contributed by atoms with Crippen molar-refractivity contribution in [1.82, 2.24) is 24.0 Å². The molecular formula is C13H15N5O. The van der Waals surface area contributed by atoms with Gasteiger partial charge in [0.05, 0.1) is 17.9 Å². The van der Waals surface area contributed by atoms with Crippen molar-refractivity contribution in [2.24, 2.45) is 0 Å². The van der Waals surface area contributed by atoms with Gasteiger partial charge in [0.1, 0.15) is 0 Å². The number of aryl methyl sites for hydroxylation is 2. The SMILES string of the molecule is CCn1nc(C)cc1Cn1nc2ccccn2c1=O.